The van der Waals surface area contributed by atoms with Crippen LogP contribution in [0.1, 0.15) is 76.1 Å². The lowest BCUT2D eigenvalue weighted by atomic mass is 9.93. The lowest BCUT2D eigenvalue weighted by molar-refractivity contribution is -0.0599. The molecule has 1 unspecified atom stereocenters. The van der Waals surface area contributed by atoms with Crippen LogP contribution in [0.2, 0.25) is 0 Å². The van der Waals surface area contributed by atoms with Gasteiger partial charge in [0.2, 0.25) is 0 Å². The van der Waals surface area contributed by atoms with Crippen LogP contribution in [0.4, 0.5) is 26.2 Å². The summed E-state index contributed by atoms with van der Waals surface area (Å²) < 4.78 is 35.9. The van der Waals surface area contributed by atoms with Crippen molar-refractivity contribution in [1.29, 1.82) is 0 Å². The fourth-order valence-corrected chi connectivity index (χ4v) is 6.83. The fourth-order valence-electron chi connectivity index (χ4n) is 6.18. The number of aliphatic imine (C=N–C) groups is 1. The zero-order valence-electron chi connectivity index (χ0n) is 25.4. The van der Waals surface area contributed by atoms with Gasteiger partial charge in [0.1, 0.15) is 11.6 Å². The molecule has 13 heteroatoms. The normalized spacial score (nSPS) is 21.6. The second-order valence-electron chi connectivity index (χ2n) is 12.7. The number of alkyl halides is 2. The van der Waals surface area contributed by atoms with E-state index in [9.17, 15) is 18.4 Å². The minimum atomic E-state index is -2.68. The van der Waals surface area contributed by atoms with Gasteiger partial charge in [0.25, 0.3) is 11.8 Å². The molecular formula is C31H41F2N7O3S. The van der Waals surface area contributed by atoms with Crippen molar-refractivity contribution in [3.05, 3.63) is 52.0 Å². The van der Waals surface area contributed by atoms with Gasteiger partial charge in [0, 0.05) is 60.4 Å². The molecule has 238 valence electrons. The van der Waals surface area contributed by atoms with Gasteiger partial charge in [-0.1, -0.05) is 0 Å². The molecule has 1 saturated heterocycles. The molecule has 1 atom stereocenters. The quantitative estimate of drug-likeness (QED) is 0.125. The summed E-state index contributed by atoms with van der Waals surface area (Å²) >= 11 is 1.04. The van der Waals surface area contributed by atoms with Gasteiger partial charge in [0.05, 0.1) is 17.2 Å². The Hall–Kier alpha value is -3.61. The number of hydrogen-bond donors (Lipinski definition) is 4. The van der Waals surface area contributed by atoms with Crippen LogP contribution in [0.5, 0.6) is 0 Å². The van der Waals surface area contributed by atoms with E-state index >= 15 is 0 Å². The molecule has 4 heterocycles. The van der Waals surface area contributed by atoms with Gasteiger partial charge in [-0.05, 0) is 83.8 Å². The molecule has 2 aliphatic heterocycles. The Balaban J connectivity index is 1.31. The lowest BCUT2D eigenvalue weighted by Gasteiger charge is -2.33. The molecular weight excluding hydrogens is 588 g/mol. The summed E-state index contributed by atoms with van der Waals surface area (Å²) in [7, 11) is 0. The van der Waals surface area contributed by atoms with Gasteiger partial charge in [-0.15, -0.1) is 0 Å². The highest BCUT2D eigenvalue weighted by atomic mass is 32.2. The molecule has 0 aromatic carbocycles. The number of aromatic nitrogens is 2. The molecule has 0 radical (unpaired) electrons. The first-order valence-electron chi connectivity index (χ1n) is 15.1. The number of hydrogen-bond acceptors (Lipinski definition) is 9. The molecule has 44 heavy (non-hydrogen) atoms. The third kappa shape index (κ3) is 7.54. The van der Waals surface area contributed by atoms with E-state index in [1.165, 1.54) is 24.4 Å². The highest BCUT2D eigenvalue weighted by molar-refractivity contribution is 7.97. The maximum atomic E-state index is 13.8. The van der Waals surface area contributed by atoms with Gasteiger partial charge < -0.3 is 25.7 Å². The Labute approximate surface area is 260 Å². The molecule has 1 amide bonds. The van der Waals surface area contributed by atoms with Crippen LogP contribution in [0.15, 0.2) is 51.0 Å². The van der Waals surface area contributed by atoms with Crippen LogP contribution in [0.25, 0.3) is 0 Å². The molecule has 5 N–H and O–H groups in total. The SMILES string of the molecule is CC1(C)CC2CCCNc3cc(=O)cc([nH]3)SNC(=O)c3ccc(N=C/C=C(\N)OCCCC4(C(C)(F)F)CC4)nc3N1C2. The van der Waals surface area contributed by atoms with Crippen molar-refractivity contribution in [3.63, 3.8) is 0 Å². The maximum absolute atomic E-state index is 13.8. The van der Waals surface area contributed by atoms with Crippen molar-refractivity contribution in [2.24, 2.45) is 22.1 Å². The van der Waals surface area contributed by atoms with E-state index in [-0.39, 0.29) is 29.4 Å². The molecule has 3 aliphatic rings. The van der Waals surface area contributed by atoms with Crippen LogP contribution < -0.4 is 26.1 Å². The molecule has 1 saturated carbocycles. The first-order chi connectivity index (χ1) is 20.8. The van der Waals surface area contributed by atoms with Crippen LogP contribution in [0.3, 0.4) is 0 Å². The minimum Gasteiger partial charge on any atom is -0.479 e. The third-order valence-corrected chi connectivity index (χ3v) is 9.52. The highest BCUT2D eigenvalue weighted by Crippen LogP contribution is 2.59. The van der Waals surface area contributed by atoms with Crippen molar-refractivity contribution < 1.29 is 18.3 Å². The van der Waals surface area contributed by atoms with E-state index in [2.05, 4.69) is 38.8 Å². The Kier molecular flexibility index (Phi) is 9.24. The fraction of sp³-hybridized carbons (Fsp3) is 0.548. The number of amides is 1. The molecule has 2 aromatic rings. The number of nitrogens with one attached hydrogen (secondary N) is 3. The van der Waals surface area contributed by atoms with Gasteiger partial charge >= 0.3 is 0 Å². The van der Waals surface area contributed by atoms with Crippen molar-refractivity contribution >= 4 is 41.5 Å². The number of nitrogens with two attached hydrogens (primary N) is 1. The number of pyridine rings is 2. The number of H-pyrrole nitrogens is 1. The summed E-state index contributed by atoms with van der Waals surface area (Å²) in [5, 5.41) is 3.81. The van der Waals surface area contributed by atoms with Crippen molar-refractivity contribution in [2.45, 2.75) is 82.2 Å². The second-order valence-corrected chi connectivity index (χ2v) is 13.5. The number of ether oxygens (including phenoxy) is 1. The Morgan fingerprint density at radius 3 is 2.84 bits per heavy atom. The molecule has 0 spiro atoms. The maximum Gasteiger partial charge on any atom is 0.265 e. The van der Waals surface area contributed by atoms with Gasteiger partial charge in [-0.3, -0.25) is 14.3 Å². The minimum absolute atomic E-state index is 0.132. The Morgan fingerprint density at radius 2 is 2.09 bits per heavy atom. The monoisotopic (exact) mass is 629 g/mol. The molecule has 10 nitrogen and oxygen atoms in total. The molecule has 5 rings (SSSR count). The van der Waals surface area contributed by atoms with Crippen LogP contribution >= 0.6 is 11.9 Å². The zero-order chi connectivity index (χ0) is 31.5. The summed E-state index contributed by atoms with van der Waals surface area (Å²) in [5.74, 6) is -0.928. The number of rotatable bonds is 8. The van der Waals surface area contributed by atoms with Crippen LogP contribution in [0, 0.1) is 11.3 Å². The lowest BCUT2D eigenvalue weighted by Crippen LogP contribution is -2.40. The number of carbonyl (C=O) groups is 1. The largest absolute Gasteiger partial charge is 0.479 e. The summed E-state index contributed by atoms with van der Waals surface area (Å²) in [4.78, 5) is 40.2. The summed E-state index contributed by atoms with van der Waals surface area (Å²) in [6.45, 7) is 7.02. The summed E-state index contributed by atoms with van der Waals surface area (Å²) in [5.41, 5.74) is 5.08. The van der Waals surface area contributed by atoms with E-state index in [0.717, 1.165) is 51.2 Å². The molecule has 1 aliphatic carbocycles. The number of carbonyl (C=O) groups excluding carboxylic acids is 1. The number of aromatic amines is 1. The highest BCUT2D eigenvalue weighted by Gasteiger charge is 2.58. The smallest absolute Gasteiger partial charge is 0.265 e. The first-order valence-corrected chi connectivity index (χ1v) is 15.9. The number of fused-ring (bicyclic) bond motifs is 6. The van der Waals surface area contributed by atoms with Crippen molar-refractivity contribution in [3.8, 4) is 0 Å². The Bertz CT molecular complexity index is 1480. The van der Waals surface area contributed by atoms with E-state index in [1.54, 1.807) is 12.1 Å². The topological polar surface area (TPSA) is 138 Å². The second kappa shape index (κ2) is 12.8. The molecule has 4 bridgehead atoms. The van der Waals surface area contributed by atoms with E-state index in [4.69, 9.17) is 15.5 Å². The van der Waals surface area contributed by atoms with E-state index < -0.39 is 11.3 Å². The van der Waals surface area contributed by atoms with E-state index in [0.29, 0.717) is 59.6 Å². The van der Waals surface area contributed by atoms with Crippen molar-refractivity contribution in [1.82, 2.24) is 14.7 Å². The number of anilines is 2. The first kappa shape index (κ1) is 31.8. The van der Waals surface area contributed by atoms with E-state index in [1.807, 2.05) is 0 Å². The average molecular weight is 630 g/mol. The average Bonchev–Trinajstić information content (AvgIpc) is 3.69. The molecule has 2 fully saturated rings. The summed E-state index contributed by atoms with van der Waals surface area (Å²) in [6, 6.07) is 6.32. The van der Waals surface area contributed by atoms with Crippen LogP contribution in [-0.4, -0.2) is 53.2 Å². The van der Waals surface area contributed by atoms with Gasteiger partial charge in [-0.25, -0.2) is 18.8 Å². The van der Waals surface area contributed by atoms with Crippen molar-refractivity contribution in [2.75, 3.05) is 29.9 Å². The number of allylic oxidation sites excluding steroid dienone is 1. The third-order valence-electron chi connectivity index (χ3n) is 8.80. The van der Waals surface area contributed by atoms with Gasteiger partial charge in [0.15, 0.2) is 17.1 Å². The number of halogens is 2. The Morgan fingerprint density at radius 1 is 1.30 bits per heavy atom. The zero-order valence-corrected chi connectivity index (χ0v) is 26.2. The van der Waals surface area contributed by atoms with Gasteiger partial charge in [-0.2, -0.15) is 0 Å². The predicted octanol–water partition coefficient (Wildman–Crippen LogP) is 5.75. The summed E-state index contributed by atoms with van der Waals surface area (Å²) in [6.07, 6.45) is 7.81. The molecule has 2 aromatic heterocycles. The predicted molar refractivity (Wildman–Crippen MR) is 170 cm³/mol. The standard InChI is InChI=1S/C31H41F2N7O3S/c1-29(2)18-20-6-4-13-35-25-16-21(41)17-26(37-25)44-39-28(42)22-7-8-24(38-27(22)40(29)19-20)36-14-9-23(34)43-15-5-10-31(11-12-31)30(3,32)33/h7-9,14,16-17,20H,4-6,10-13,15,18-19,34H2,1-3H3,(H,39,42)(H2,35,37,41)/b23-9+,36-14?. The number of nitrogens with zero attached hydrogens (tertiary/aromatic N) is 3. The van der Waals surface area contributed by atoms with Crippen LogP contribution in [-0.2, 0) is 4.74 Å².